The largest absolute Gasteiger partial charge is 0.497 e. The lowest BCUT2D eigenvalue weighted by Gasteiger charge is -2.56. The zero-order valence-electron chi connectivity index (χ0n) is 12.4. The summed E-state index contributed by atoms with van der Waals surface area (Å²) in [4.78, 5) is 2.58. The van der Waals surface area contributed by atoms with Crippen molar-refractivity contribution in [3.8, 4) is 5.75 Å². The van der Waals surface area contributed by atoms with Crippen molar-refractivity contribution in [2.24, 2.45) is 5.92 Å². The first-order chi connectivity index (χ1) is 9.74. The highest BCUT2D eigenvalue weighted by Gasteiger charge is 2.51. The molecule has 1 aliphatic heterocycles. The van der Waals surface area contributed by atoms with Gasteiger partial charge in [-0.3, -0.25) is 0 Å². The van der Waals surface area contributed by atoms with Gasteiger partial charge in [-0.25, -0.2) is 0 Å². The van der Waals surface area contributed by atoms with Crippen LogP contribution in [0.4, 0.5) is 0 Å². The highest BCUT2D eigenvalue weighted by Crippen LogP contribution is 2.54. The second-order valence-electron chi connectivity index (χ2n) is 6.67. The summed E-state index contributed by atoms with van der Waals surface area (Å²) in [5.41, 5.74) is 3.50. The van der Waals surface area contributed by atoms with E-state index in [1.165, 1.54) is 32.2 Å². The number of ether oxygens (including phenoxy) is 1. The number of hydrogen-bond donors (Lipinski definition) is 0. The zero-order chi connectivity index (χ0) is 13.7. The number of likely N-dealkylation sites (tertiary alicyclic amines) is 1. The molecule has 0 spiro atoms. The van der Waals surface area contributed by atoms with Crippen LogP contribution in [0.5, 0.6) is 5.75 Å². The van der Waals surface area contributed by atoms with E-state index >= 15 is 0 Å². The summed E-state index contributed by atoms with van der Waals surface area (Å²) >= 11 is 0. The van der Waals surface area contributed by atoms with Gasteiger partial charge in [0.1, 0.15) is 5.75 Å². The van der Waals surface area contributed by atoms with Gasteiger partial charge in [0.2, 0.25) is 0 Å². The number of fused-ring (bicyclic) bond motifs is 1. The molecule has 4 rings (SSSR count). The number of rotatable bonds is 1. The quantitative estimate of drug-likeness (QED) is 0.726. The summed E-state index contributed by atoms with van der Waals surface area (Å²) in [5.74, 6) is 1.71. The number of hydrogen-bond acceptors (Lipinski definition) is 2. The van der Waals surface area contributed by atoms with Gasteiger partial charge in [-0.1, -0.05) is 18.2 Å². The van der Waals surface area contributed by atoms with Crippen molar-refractivity contribution in [2.75, 3.05) is 20.7 Å². The molecule has 1 aromatic rings. The van der Waals surface area contributed by atoms with E-state index in [-0.39, 0.29) is 0 Å². The van der Waals surface area contributed by atoms with Crippen molar-refractivity contribution >= 4 is 0 Å². The van der Waals surface area contributed by atoms with Crippen LogP contribution in [0.15, 0.2) is 30.4 Å². The summed E-state index contributed by atoms with van der Waals surface area (Å²) in [5, 5.41) is 0. The van der Waals surface area contributed by atoms with Gasteiger partial charge in [-0.2, -0.15) is 0 Å². The van der Waals surface area contributed by atoms with Gasteiger partial charge in [-0.15, -0.1) is 0 Å². The predicted octanol–water partition coefficient (Wildman–Crippen LogP) is 3.16. The first-order valence-corrected chi connectivity index (χ1v) is 7.79. The van der Waals surface area contributed by atoms with E-state index in [9.17, 15) is 0 Å². The molecule has 1 fully saturated rings. The molecule has 2 heteroatoms. The fourth-order valence-corrected chi connectivity index (χ4v) is 4.82. The summed E-state index contributed by atoms with van der Waals surface area (Å²) in [7, 11) is 4.07. The zero-order valence-corrected chi connectivity index (χ0v) is 12.4. The lowest BCUT2D eigenvalue weighted by Crippen LogP contribution is -2.58. The molecule has 1 heterocycles. The van der Waals surface area contributed by atoms with Crippen molar-refractivity contribution in [3.05, 3.63) is 41.5 Å². The molecule has 3 aliphatic rings. The van der Waals surface area contributed by atoms with Crippen LogP contribution in [0.2, 0.25) is 0 Å². The number of piperidine rings is 1. The lowest BCUT2D eigenvalue weighted by molar-refractivity contribution is 0.0476. The fraction of sp³-hybridized carbons (Fsp3) is 0.556. The Morgan fingerprint density at radius 2 is 2.20 bits per heavy atom. The molecule has 2 bridgehead atoms. The topological polar surface area (TPSA) is 12.5 Å². The van der Waals surface area contributed by atoms with Crippen LogP contribution in [0.25, 0.3) is 0 Å². The van der Waals surface area contributed by atoms with Gasteiger partial charge in [0.05, 0.1) is 7.11 Å². The van der Waals surface area contributed by atoms with Crippen LogP contribution in [0.3, 0.4) is 0 Å². The fourth-order valence-electron chi connectivity index (χ4n) is 4.82. The summed E-state index contributed by atoms with van der Waals surface area (Å²) in [6.45, 7) is 1.23. The number of nitrogens with zero attached hydrogens (tertiary/aromatic N) is 1. The minimum absolute atomic E-state index is 0.369. The molecule has 106 valence electrons. The number of allylic oxidation sites excluding steroid dienone is 1. The van der Waals surface area contributed by atoms with Crippen molar-refractivity contribution < 1.29 is 4.74 Å². The van der Waals surface area contributed by atoms with E-state index in [0.717, 1.165) is 5.75 Å². The molecule has 1 saturated heterocycles. The molecule has 0 aromatic heterocycles. The SMILES string of the molecule is COc1ccc2c(c1)[C@]13CCC=C[C@@H]1[C@H](C2)N(C)CC3. The molecular weight excluding hydrogens is 246 g/mol. The minimum Gasteiger partial charge on any atom is -0.497 e. The molecule has 2 nitrogen and oxygen atoms in total. The Hall–Kier alpha value is -1.28. The first kappa shape index (κ1) is 12.5. The number of benzene rings is 1. The molecule has 20 heavy (non-hydrogen) atoms. The Morgan fingerprint density at radius 1 is 1.30 bits per heavy atom. The van der Waals surface area contributed by atoms with Crippen LogP contribution in [0, 0.1) is 5.92 Å². The van der Waals surface area contributed by atoms with Crippen LogP contribution < -0.4 is 4.74 Å². The Bertz CT molecular complexity index is 565. The number of methoxy groups -OCH3 is 1. The van der Waals surface area contributed by atoms with Gasteiger partial charge in [-0.05, 0) is 62.5 Å². The van der Waals surface area contributed by atoms with Crippen LogP contribution in [-0.4, -0.2) is 31.6 Å². The molecule has 0 N–H and O–H groups in total. The molecule has 2 aliphatic carbocycles. The Morgan fingerprint density at radius 3 is 3.05 bits per heavy atom. The average molecular weight is 269 g/mol. The van der Waals surface area contributed by atoms with Crippen LogP contribution in [0.1, 0.15) is 30.4 Å². The third kappa shape index (κ3) is 1.54. The average Bonchev–Trinajstić information content (AvgIpc) is 2.50. The van der Waals surface area contributed by atoms with Gasteiger partial charge in [0.15, 0.2) is 0 Å². The monoisotopic (exact) mass is 269 g/mol. The molecular formula is C18H23NO. The smallest absolute Gasteiger partial charge is 0.119 e. The molecule has 3 atom stereocenters. The molecule has 0 saturated carbocycles. The molecule has 1 aromatic carbocycles. The summed E-state index contributed by atoms with van der Waals surface area (Å²) < 4.78 is 5.49. The van der Waals surface area contributed by atoms with E-state index in [1.54, 1.807) is 18.2 Å². The van der Waals surface area contributed by atoms with E-state index < -0.39 is 0 Å². The maximum atomic E-state index is 5.49. The standard InChI is InChI=1S/C18H23NO/c1-19-10-9-18-8-4-3-5-15(18)17(19)11-13-6-7-14(20-2)12-16(13)18/h3,5-7,12,15,17H,4,8-11H2,1-2H3/t15-,17+,18+/m1/s1. The maximum absolute atomic E-state index is 5.49. The normalized spacial score (nSPS) is 35.3. The van der Waals surface area contributed by atoms with Crippen molar-refractivity contribution in [1.82, 2.24) is 4.90 Å². The van der Waals surface area contributed by atoms with Crippen molar-refractivity contribution in [3.63, 3.8) is 0 Å². The third-order valence-corrected chi connectivity index (χ3v) is 5.91. The minimum atomic E-state index is 0.369. The Labute approximate surface area is 121 Å². The Balaban J connectivity index is 1.91. The summed E-state index contributed by atoms with van der Waals surface area (Å²) in [6.07, 6.45) is 9.91. The predicted molar refractivity (Wildman–Crippen MR) is 81.3 cm³/mol. The van der Waals surface area contributed by atoms with Crippen molar-refractivity contribution in [2.45, 2.75) is 37.1 Å². The molecule has 0 radical (unpaired) electrons. The highest BCUT2D eigenvalue weighted by atomic mass is 16.5. The highest BCUT2D eigenvalue weighted by molar-refractivity contribution is 5.47. The number of likely N-dealkylation sites (N-methyl/N-ethyl adjacent to an activating group) is 1. The van der Waals surface area contributed by atoms with Gasteiger partial charge < -0.3 is 9.64 Å². The molecule has 0 amide bonds. The second kappa shape index (κ2) is 4.36. The van der Waals surface area contributed by atoms with Gasteiger partial charge in [0.25, 0.3) is 0 Å². The summed E-state index contributed by atoms with van der Waals surface area (Å²) in [6, 6.07) is 7.44. The van der Waals surface area contributed by atoms with Crippen molar-refractivity contribution in [1.29, 1.82) is 0 Å². The van der Waals surface area contributed by atoms with Crippen LogP contribution in [-0.2, 0) is 11.8 Å². The first-order valence-electron chi connectivity index (χ1n) is 7.79. The molecule has 0 unspecified atom stereocenters. The van der Waals surface area contributed by atoms with E-state index in [4.69, 9.17) is 4.74 Å². The third-order valence-electron chi connectivity index (χ3n) is 5.91. The van der Waals surface area contributed by atoms with Gasteiger partial charge >= 0.3 is 0 Å². The van der Waals surface area contributed by atoms with Gasteiger partial charge in [0, 0.05) is 17.4 Å². The Kier molecular flexibility index (Phi) is 2.71. The van der Waals surface area contributed by atoms with E-state index in [1.807, 2.05) is 0 Å². The van der Waals surface area contributed by atoms with E-state index in [0.29, 0.717) is 17.4 Å². The maximum Gasteiger partial charge on any atom is 0.119 e. The second-order valence-corrected chi connectivity index (χ2v) is 6.67. The van der Waals surface area contributed by atoms with E-state index in [2.05, 4.69) is 42.3 Å². The van der Waals surface area contributed by atoms with Crippen LogP contribution >= 0.6 is 0 Å². The lowest BCUT2D eigenvalue weighted by atomic mass is 9.54.